The van der Waals surface area contributed by atoms with Crippen molar-refractivity contribution in [2.75, 3.05) is 34.2 Å². The number of hydrogen-bond donors (Lipinski definition) is 2. The fraction of sp³-hybridized carbons (Fsp3) is 0.263. The Balaban J connectivity index is 1.59. The van der Waals surface area contributed by atoms with Crippen molar-refractivity contribution in [3.63, 3.8) is 0 Å². The number of carbonyl (C=O) groups is 2. The molecule has 9 heteroatoms. The van der Waals surface area contributed by atoms with Gasteiger partial charge in [-0.3, -0.25) is 19.6 Å². The predicted octanol–water partition coefficient (Wildman–Crippen LogP) is 2.23. The van der Waals surface area contributed by atoms with E-state index in [1.165, 1.54) is 18.2 Å². The van der Waals surface area contributed by atoms with Crippen LogP contribution in [0.25, 0.3) is 0 Å². The van der Waals surface area contributed by atoms with Crippen LogP contribution in [0, 0.1) is 6.92 Å². The highest BCUT2D eigenvalue weighted by atomic mass is 32.2. The molecule has 0 saturated carbocycles. The molecule has 2 aromatic carbocycles. The van der Waals surface area contributed by atoms with Crippen LogP contribution >= 0.6 is 11.8 Å². The number of nitrogens with zero attached hydrogens (tertiary/aromatic N) is 1. The first-order valence-corrected chi connectivity index (χ1v) is 11.4. The van der Waals surface area contributed by atoms with Gasteiger partial charge in [0.05, 0.1) is 21.7 Å². The van der Waals surface area contributed by atoms with Crippen molar-refractivity contribution in [1.82, 2.24) is 5.32 Å². The Bertz CT molecular complexity index is 1080. The Labute approximate surface area is 167 Å². The summed E-state index contributed by atoms with van der Waals surface area (Å²) in [5.41, 5.74) is 2.63. The molecule has 0 radical (unpaired) electrons. The van der Waals surface area contributed by atoms with Crippen LogP contribution in [0.5, 0.6) is 0 Å². The molecule has 2 amide bonds. The molecule has 0 aromatic heterocycles. The van der Waals surface area contributed by atoms with Crippen LogP contribution in [0.2, 0.25) is 0 Å². The fourth-order valence-electron chi connectivity index (χ4n) is 3.30. The molecule has 0 spiro atoms. The topological polar surface area (TPSA) is 95.6 Å². The smallest absolute Gasteiger partial charge is 0.261 e. The minimum Gasteiger partial charge on any atom is -0.370 e. The summed E-state index contributed by atoms with van der Waals surface area (Å²) < 4.78 is 28.2. The Morgan fingerprint density at radius 2 is 1.71 bits per heavy atom. The van der Waals surface area contributed by atoms with Crippen LogP contribution in [0.4, 0.5) is 11.4 Å². The molecule has 28 heavy (non-hydrogen) atoms. The second-order valence-corrected chi connectivity index (χ2v) is 9.60. The lowest BCUT2D eigenvalue weighted by atomic mass is 10.1. The Hall–Kier alpha value is -2.52. The maximum Gasteiger partial charge on any atom is 0.261 e. The molecule has 0 unspecified atom stereocenters. The van der Waals surface area contributed by atoms with Crippen molar-refractivity contribution in [1.29, 1.82) is 0 Å². The standard InChI is InChI=1S/C19H19N3O4S2/c1-12-10-13(22-6-8-27-9-7-22)2-5-17(12)21-28(25,26)14-3-4-15-16(11-14)19(24)20-18(15)23/h2-5,10-11,21H,6-9H2,1H3,(H,20,23,24). The van der Waals surface area contributed by atoms with Gasteiger partial charge in [-0.05, 0) is 48.9 Å². The number of benzene rings is 2. The average molecular weight is 418 g/mol. The van der Waals surface area contributed by atoms with Crippen LogP contribution in [0.15, 0.2) is 41.3 Å². The SMILES string of the molecule is Cc1cc(N2CCSCC2)ccc1NS(=O)(=O)c1ccc2c(c1)C(=O)NC2=O. The van der Waals surface area contributed by atoms with E-state index in [2.05, 4.69) is 14.9 Å². The van der Waals surface area contributed by atoms with Gasteiger partial charge in [-0.15, -0.1) is 0 Å². The highest BCUT2D eigenvalue weighted by Crippen LogP contribution is 2.27. The van der Waals surface area contributed by atoms with Gasteiger partial charge in [0.15, 0.2) is 0 Å². The number of aryl methyl sites for hydroxylation is 1. The molecule has 1 saturated heterocycles. The zero-order valence-corrected chi connectivity index (χ0v) is 16.8. The number of nitrogens with one attached hydrogen (secondary N) is 2. The summed E-state index contributed by atoms with van der Waals surface area (Å²) in [6, 6.07) is 9.56. The summed E-state index contributed by atoms with van der Waals surface area (Å²) in [6.45, 7) is 3.81. The van der Waals surface area contributed by atoms with Crippen LogP contribution in [0.1, 0.15) is 26.3 Å². The highest BCUT2D eigenvalue weighted by Gasteiger charge is 2.29. The van der Waals surface area contributed by atoms with Gasteiger partial charge in [-0.25, -0.2) is 8.42 Å². The number of anilines is 2. The number of sulfonamides is 1. The highest BCUT2D eigenvalue weighted by molar-refractivity contribution is 7.99. The van der Waals surface area contributed by atoms with Gasteiger partial charge < -0.3 is 4.90 Å². The summed E-state index contributed by atoms with van der Waals surface area (Å²) in [5, 5.41) is 2.16. The first kappa shape index (κ1) is 18.8. The molecule has 0 bridgehead atoms. The first-order chi connectivity index (χ1) is 13.3. The lowest BCUT2D eigenvalue weighted by Gasteiger charge is -2.29. The summed E-state index contributed by atoms with van der Waals surface area (Å²) in [7, 11) is -3.89. The second-order valence-electron chi connectivity index (χ2n) is 6.69. The van der Waals surface area contributed by atoms with E-state index in [1.54, 1.807) is 6.07 Å². The molecule has 2 aliphatic heterocycles. The van der Waals surface area contributed by atoms with Gasteiger partial charge in [-0.2, -0.15) is 11.8 Å². The zero-order chi connectivity index (χ0) is 19.9. The summed E-state index contributed by atoms with van der Waals surface area (Å²) in [6.07, 6.45) is 0. The maximum atomic E-state index is 12.8. The Morgan fingerprint density at radius 3 is 2.43 bits per heavy atom. The van der Waals surface area contributed by atoms with Crippen molar-refractivity contribution in [2.24, 2.45) is 0 Å². The van der Waals surface area contributed by atoms with Crippen LogP contribution in [-0.2, 0) is 10.0 Å². The van der Waals surface area contributed by atoms with E-state index >= 15 is 0 Å². The summed E-state index contributed by atoms with van der Waals surface area (Å²) in [5.74, 6) is 1.07. The van der Waals surface area contributed by atoms with Crippen molar-refractivity contribution >= 4 is 45.0 Å². The molecular formula is C19H19N3O4S2. The molecular weight excluding hydrogens is 398 g/mol. The molecule has 2 aromatic rings. The van der Waals surface area contributed by atoms with Crippen LogP contribution in [-0.4, -0.2) is 44.8 Å². The van der Waals surface area contributed by atoms with E-state index in [0.717, 1.165) is 35.8 Å². The van der Waals surface area contributed by atoms with Gasteiger partial charge in [0.1, 0.15) is 0 Å². The molecule has 2 heterocycles. The molecule has 7 nitrogen and oxygen atoms in total. The predicted molar refractivity (Wildman–Crippen MR) is 110 cm³/mol. The summed E-state index contributed by atoms with van der Waals surface area (Å²) >= 11 is 1.93. The number of rotatable bonds is 4. The van der Waals surface area contributed by atoms with E-state index in [0.29, 0.717) is 5.69 Å². The maximum absolute atomic E-state index is 12.8. The Kier molecular flexibility index (Phi) is 4.80. The number of carbonyl (C=O) groups excluding carboxylic acids is 2. The molecule has 4 rings (SSSR count). The van der Waals surface area contributed by atoms with E-state index in [9.17, 15) is 18.0 Å². The monoisotopic (exact) mass is 417 g/mol. The Morgan fingerprint density at radius 1 is 1.00 bits per heavy atom. The minimum atomic E-state index is -3.89. The minimum absolute atomic E-state index is 0.0624. The van der Waals surface area contributed by atoms with Crippen molar-refractivity contribution in [2.45, 2.75) is 11.8 Å². The van der Waals surface area contributed by atoms with Crippen molar-refractivity contribution in [3.8, 4) is 0 Å². The quantitative estimate of drug-likeness (QED) is 0.741. The van der Waals surface area contributed by atoms with E-state index < -0.39 is 21.8 Å². The van der Waals surface area contributed by atoms with Crippen LogP contribution in [0.3, 0.4) is 0 Å². The summed E-state index contributed by atoms with van der Waals surface area (Å²) in [4.78, 5) is 25.7. The third kappa shape index (κ3) is 3.47. The van der Waals surface area contributed by atoms with E-state index in [-0.39, 0.29) is 16.0 Å². The van der Waals surface area contributed by atoms with Gasteiger partial charge in [0.25, 0.3) is 21.8 Å². The van der Waals surface area contributed by atoms with Crippen molar-refractivity contribution < 1.29 is 18.0 Å². The first-order valence-electron chi connectivity index (χ1n) is 8.81. The third-order valence-electron chi connectivity index (χ3n) is 4.85. The lowest BCUT2D eigenvalue weighted by molar-refractivity contribution is 0.0879. The zero-order valence-electron chi connectivity index (χ0n) is 15.2. The second kappa shape index (κ2) is 7.14. The molecule has 2 aliphatic rings. The third-order valence-corrected chi connectivity index (χ3v) is 7.15. The van der Waals surface area contributed by atoms with Gasteiger partial charge in [0.2, 0.25) is 0 Å². The largest absolute Gasteiger partial charge is 0.370 e. The van der Waals surface area contributed by atoms with Gasteiger partial charge in [0, 0.05) is 30.3 Å². The number of thioether (sulfide) groups is 1. The number of amides is 2. The van der Waals surface area contributed by atoms with Crippen LogP contribution < -0.4 is 14.9 Å². The van der Waals surface area contributed by atoms with Gasteiger partial charge in [-0.1, -0.05) is 0 Å². The molecule has 1 fully saturated rings. The van der Waals surface area contributed by atoms with E-state index in [4.69, 9.17) is 0 Å². The lowest BCUT2D eigenvalue weighted by Crippen LogP contribution is -2.32. The molecule has 0 aliphatic carbocycles. The average Bonchev–Trinajstić information content (AvgIpc) is 2.97. The van der Waals surface area contributed by atoms with Gasteiger partial charge >= 0.3 is 0 Å². The van der Waals surface area contributed by atoms with Crippen molar-refractivity contribution in [3.05, 3.63) is 53.1 Å². The number of hydrogen-bond acceptors (Lipinski definition) is 6. The van der Waals surface area contributed by atoms with E-state index in [1.807, 2.05) is 30.8 Å². The molecule has 0 atom stereocenters. The normalized spacial score (nSPS) is 16.7. The molecule has 2 N–H and O–H groups in total. The molecule has 146 valence electrons. The fourth-order valence-corrected chi connectivity index (χ4v) is 5.36. The number of imide groups is 1. The number of fused-ring (bicyclic) bond motifs is 1.